The number of aryl methyl sites for hydroxylation is 1. The fourth-order valence-electron chi connectivity index (χ4n) is 2.82. The first-order valence-electron chi connectivity index (χ1n) is 6.39. The zero-order valence-corrected chi connectivity index (χ0v) is 10.9. The molecule has 2 rings (SSSR count). The third-order valence-corrected chi connectivity index (χ3v) is 3.67. The molecule has 1 atom stereocenters. The molecule has 0 saturated heterocycles. The molecule has 1 N–H and O–H groups in total. The van der Waals surface area contributed by atoms with E-state index in [0.29, 0.717) is 11.5 Å². The molecule has 0 aromatic heterocycles. The molecular formula is C15H23N. The first-order chi connectivity index (χ1) is 7.54. The predicted molar refractivity (Wildman–Crippen MR) is 69.9 cm³/mol. The van der Waals surface area contributed by atoms with Crippen LogP contribution in [0.2, 0.25) is 0 Å². The van der Waals surface area contributed by atoms with Crippen molar-refractivity contribution in [2.24, 2.45) is 0 Å². The summed E-state index contributed by atoms with van der Waals surface area (Å²) in [5.74, 6) is 0. The molecule has 0 spiro atoms. The van der Waals surface area contributed by atoms with Gasteiger partial charge in [0.15, 0.2) is 0 Å². The minimum Gasteiger partial charge on any atom is -0.310 e. The van der Waals surface area contributed by atoms with E-state index in [4.69, 9.17) is 0 Å². The van der Waals surface area contributed by atoms with Gasteiger partial charge in [-0.15, -0.1) is 0 Å². The molecule has 88 valence electrons. The van der Waals surface area contributed by atoms with Gasteiger partial charge in [-0.2, -0.15) is 0 Å². The molecule has 1 unspecified atom stereocenters. The number of rotatable bonds is 3. The smallest absolute Gasteiger partial charge is 0.0331 e. The largest absolute Gasteiger partial charge is 0.310 e. The maximum atomic E-state index is 3.67. The highest BCUT2D eigenvalue weighted by Gasteiger charge is 2.36. The topological polar surface area (TPSA) is 12.0 Å². The third kappa shape index (κ3) is 2.01. The van der Waals surface area contributed by atoms with Gasteiger partial charge in [0.2, 0.25) is 0 Å². The second-order valence-electron chi connectivity index (χ2n) is 5.69. The molecule has 1 aliphatic rings. The summed E-state index contributed by atoms with van der Waals surface area (Å²) in [6, 6.07) is 7.48. The maximum Gasteiger partial charge on any atom is 0.0331 e. The Morgan fingerprint density at radius 2 is 2.12 bits per heavy atom. The zero-order chi connectivity index (χ0) is 11.8. The summed E-state index contributed by atoms with van der Waals surface area (Å²) in [6.45, 7) is 10.2. The number of fused-ring (bicyclic) bond motifs is 1. The number of hydrogen-bond donors (Lipinski definition) is 1. The lowest BCUT2D eigenvalue weighted by Crippen LogP contribution is -2.22. The van der Waals surface area contributed by atoms with Crippen LogP contribution in [0.5, 0.6) is 0 Å². The average molecular weight is 217 g/mol. The molecule has 16 heavy (non-hydrogen) atoms. The van der Waals surface area contributed by atoms with Gasteiger partial charge in [0.1, 0.15) is 0 Å². The second kappa shape index (κ2) is 4.21. The molecule has 1 nitrogen and oxygen atoms in total. The lowest BCUT2D eigenvalue weighted by Gasteiger charge is -2.19. The Kier molecular flexibility index (Phi) is 3.07. The number of hydrogen-bond acceptors (Lipinski definition) is 1. The first-order valence-corrected chi connectivity index (χ1v) is 6.39. The normalized spacial score (nSPS) is 22.1. The van der Waals surface area contributed by atoms with Crippen LogP contribution in [-0.2, 0) is 5.41 Å². The quantitative estimate of drug-likeness (QED) is 0.813. The minimum absolute atomic E-state index is 0.328. The minimum atomic E-state index is 0.328. The molecule has 0 aliphatic heterocycles. The summed E-state index contributed by atoms with van der Waals surface area (Å²) in [5, 5.41) is 3.67. The van der Waals surface area contributed by atoms with Gasteiger partial charge >= 0.3 is 0 Å². The van der Waals surface area contributed by atoms with Crippen molar-refractivity contribution in [3.63, 3.8) is 0 Å². The zero-order valence-electron chi connectivity index (χ0n) is 10.9. The molecule has 0 bridgehead atoms. The molecule has 1 aliphatic carbocycles. The van der Waals surface area contributed by atoms with Crippen LogP contribution >= 0.6 is 0 Å². The van der Waals surface area contributed by atoms with E-state index >= 15 is 0 Å². The molecule has 0 fully saturated rings. The van der Waals surface area contributed by atoms with Crippen molar-refractivity contribution < 1.29 is 0 Å². The predicted octanol–water partition coefficient (Wildman–Crippen LogP) is 3.72. The monoisotopic (exact) mass is 217 g/mol. The fraction of sp³-hybridized carbons (Fsp3) is 0.600. The van der Waals surface area contributed by atoms with E-state index in [1.807, 2.05) is 0 Å². The van der Waals surface area contributed by atoms with E-state index in [1.165, 1.54) is 29.5 Å². The molecule has 0 saturated carbocycles. The molecular weight excluding hydrogens is 194 g/mol. The summed E-state index contributed by atoms with van der Waals surface area (Å²) in [7, 11) is 0. The van der Waals surface area contributed by atoms with Crippen LogP contribution in [0, 0.1) is 6.92 Å². The van der Waals surface area contributed by atoms with Gasteiger partial charge in [0.05, 0.1) is 0 Å². The third-order valence-electron chi connectivity index (χ3n) is 3.67. The molecule has 0 radical (unpaired) electrons. The van der Waals surface area contributed by atoms with Gasteiger partial charge in [-0.1, -0.05) is 44.5 Å². The Hall–Kier alpha value is -0.820. The Morgan fingerprint density at radius 1 is 1.38 bits per heavy atom. The highest BCUT2D eigenvalue weighted by Crippen LogP contribution is 2.44. The molecule has 1 aromatic rings. The summed E-state index contributed by atoms with van der Waals surface area (Å²) in [4.78, 5) is 0. The highest BCUT2D eigenvalue weighted by atomic mass is 14.9. The van der Waals surface area contributed by atoms with Gasteiger partial charge in [-0.05, 0) is 42.9 Å². The Balaban J connectivity index is 2.32. The lowest BCUT2D eigenvalue weighted by atomic mass is 9.86. The lowest BCUT2D eigenvalue weighted by molar-refractivity contribution is 0.427. The molecule has 0 heterocycles. The van der Waals surface area contributed by atoms with Crippen LogP contribution in [0.25, 0.3) is 0 Å². The summed E-state index contributed by atoms with van der Waals surface area (Å²) in [6.07, 6.45) is 2.43. The summed E-state index contributed by atoms with van der Waals surface area (Å²) < 4.78 is 0. The Morgan fingerprint density at radius 3 is 2.81 bits per heavy atom. The van der Waals surface area contributed by atoms with Crippen molar-refractivity contribution in [3.05, 3.63) is 34.9 Å². The van der Waals surface area contributed by atoms with E-state index in [2.05, 4.69) is 51.2 Å². The maximum absolute atomic E-state index is 3.67. The summed E-state index contributed by atoms with van der Waals surface area (Å²) in [5.41, 5.74) is 4.76. The van der Waals surface area contributed by atoms with Crippen LogP contribution in [0.15, 0.2) is 18.2 Å². The van der Waals surface area contributed by atoms with Crippen molar-refractivity contribution >= 4 is 0 Å². The number of benzene rings is 1. The van der Waals surface area contributed by atoms with Gasteiger partial charge in [-0.25, -0.2) is 0 Å². The molecule has 1 heteroatoms. The van der Waals surface area contributed by atoms with Crippen molar-refractivity contribution in [2.45, 2.75) is 52.0 Å². The van der Waals surface area contributed by atoms with Gasteiger partial charge in [0.25, 0.3) is 0 Å². The Labute approximate surface area is 99.3 Å². The number of nitrogens with one attached hydrogen (secondary N) is 1. The Bertz CT molecular complexity index is 379. The first kappa shape index (κ1) is 11.7. The standard InChI is InChI=1S/C15H23N/c1-5-8-16-14-10-15(3,4)13-7-6-11(2)9-12(13)14/h6-7,9,14,16H,5,8,10H2,1-4H3. The highest BCUT2D eigenvalue weighted by molar-refractivity contribution is 5.43. The van der Waals surface area contributed by atoms with Gasteiger partial charge in [-0.3, -0.25) is 0 Å². The van der Waals surface area contributed by atoms with E-state index in [9.17, 15) is 0 Å². The second-order valence-corrected chi connectivity index (χ2v) is 5.69. The van der Waals surface area contributed by atoms with Crippen LogP contribution in [-0.4, -0.2) is 6.54 Å². The van der Waals surface area contributed by atoms with Crippen molar-refractivity contribution in [1.82, 2.24) is 5.32 Å². The molecule has 0 amide bonds. The average Bonchev–Trinajstić information content (AvgIpc) is 2.47. The van der Waals surface area contributed by atoms with E-state index in [-0.39, 0.29) is 0 Å². The summed E-state index contributed by atoms with van der Waals surface area (Å²) >= 11 is 0. The SMILES string of the molecule is CCCNC1CC(C)(C)c2ccc(C)cc21. The fourth-order valence-corrected chi connectivity index (χ4v) is 2.82. The van der Waals surface area contributed by atoms with E-state index in [0.717, 1.165) is 6.54 Å². The van der Waals surface area contributed by atoms with Crippen molar-refractivity contribution in [1.29, 1.82) is 0 Å². The van der Waals surface area contributed by atoms with Crippen LogP contribution in [0.4, 0.5) is 0 Å². The van der Waals surface area contributed by atoms with Crippen molar-refractivity contribution in [3.8, 4) is 0 Å². The molecule has 1 aromatic carbocycles. The van der Waals surface area contributed by atoms with E-state index in [1.54, 1.807) is 0 Å². The van der Waals surface area contributed by atoms with Crippen LogP contribution in [0.3, 0.4) is 0 Å². The van der Waals surface area contributed by atoms with Gasteiger partial charge in [0, 0.05) is 6.04 Å². The van der Waals surface area contributed by atoms with Crippen LogP contribution < -0.4 is 5.32 Å². The van der Waals surface area contributed by atoms with Gasteiger partial charge < -0.3 is 5.32 Å². The van der Waals surface area contributed by atoms with Crippen molar-refractivity contribution in [2.75, 3.05) is 6.54 Å². The van der Waals surface area contributed by atoms with E-state index < -0.39 is 0 Å². The van der Waals surface area contributed by atoms with Crippen LogP contribution in [0.1, 0.15) is 56.3 Å².